The molecule has 6 atom stereocenters. The second kappa shape index (κ2) is 6.37. The van der Waals surface area contributed by atoms with Gasteiger partial charge in [-0.15, -0.1) is 0 Å². The normalized spacial score (nSPS) is 43.5. The summed E-state index contributed by atoms with van der Waals surface area (Å²) in [5.74, 6) is 1.22. The van der Waals surface area contributed by atoms with Gasteiger partial charge in [0.25, 0.3) is 0 Å². The van der Waals surface area contributed by atoms with E-state index >= 15 is 0 Å². The maximum absolute atomic E-state index is 7.45. The van der Waals surface area contributed by atoms with Crippen LogP contribution in [0.25, 0.3) is 10.8 Å². The van der Waals surface area contributed by atoms with Crippen molar-refractivity contribution in [1.29, 1.82) is 0 Å². The molecular formula is C30H34N2O. The highest BCUT2D eigenvalue weighted by atomic mass is 16.5. The van der Waals surface area contributed by atoms with Gasteiger partial charge in [0.2, 0.25) is 0 Å². The van der Waals surface area contributed by atoms with E-state index in [9.17, 15) is 0 Å². The highest BCUT2D eigenvalue weighted by Gasteiger charge is 2.66. The third kappa shape index (κ3) is 2.51. The largest absolute Gasteiger partial charge is 0.359 e. The highest BCUT2D eigenvalue weighted by Crippen LogP contribution is 2.69. The second-order valence-electron chi connectivity index (χ2n) is 12.1. The molecule has 4 heterocycles. The predicted molar refractivity (Wildman–Crippen MR) is 131 cm³/mol. The summed E-state index contributed by atoms with van der Waals surface area (Å²) in [6, 6.07) is 9.99. The van der Waals surface area contributed by atoms with Gasteiger partial charge in [0.05, 0.1) is 11.2 Å². The maximum Gasteiger partial charge on any atom is 0.0974 e. The van der Waals surface area contributed by atoms with E-state index in [1.54, 1.807) is 11.1 Å². The summed E-state index contributed by atoms with van der Waals surface area (Å²) in [6.07, 6.45) is 19.2. The van der Waals surface area contributed by atoms with Gasteiger partial charge in [-0.1, -0.05) is 31.2 Å². The minimum Gasteiger partial charge on any atom is -0.359 e. The monoisotopic (exact) mass is 438 g/mol. The lowest BCUT2D eigenvalue weighted by Gasteiger charge is -2.54. The van der Waals surface area contributed by atoms with E-state index in [1.807, 2.05) is 12.4 Å². The number of rotatable bonds is 2. The zero-order valence-corrected chi connectivity index (χ0v) is 19.7. The molecule has 2 spiro atoms. The molecule has 0 radical (unpaired) electrons. The van der Waals surface area contributed by atoms with Gasteiger partial charge in [-0.3, -0.25) is 9.88 Å². The van der Waals surface area contributed by atoms with Crippen molar-refractivity contribution >= 4 is 10.8 Å². The van der Waals surface area contributed by atoms with Crippen LogP contribution in [0.15, 0.2) is 60.0 Å². The number of aromatic nitrogens is 1. The molecular weight excluding hydrogens is 404 g/mol. The summed E-state index contributed by atoms with van der Waals surface area (Å²) >= 11 is 0. The molecule has 1 unspecified atom stereocenters. The topological polar surface area (TPSA) is 25.1 Å². The SMILES string of the molecule is C[C@]12CC=C3C=C4CC[C@H](N5CC5)C[C@]45CCC3(O5)[C@@H]1CC[C@@H]2c1ccc2ccncc2c1. The van der Waals surface area contributed by atoms with Gasteiger partial charge in [0.15, 0.2) is 0 Å². The molecule has 3 aliphatic heterocycles. The van der Waals surface area contributed by atoms with Crippen LogP contribution in [0.5, 0.6) is 0 Å². The molecule has 4 fully saturated rings. The number of ether oxygens (including phenoxy) is 1. The Morgan fingerprint density at radius 3 is 2.91 bits per heavy atom. The van der Waals surface area contributed by atoms with E-state index < -0.39 is 0 Å². The van der Waals surface area contributed by atoms with Crippen molar-refractivity contribution in [3.8, 4) is 0 Å². The standard InChI is InChI=1S/C30H34N2O/c1-28-10-8-24-17-23-4-5-25(32-14-15-32)18-29(23)11-12-30(24,33-29)27(28)7-6-26(28)21-3-2-20-9-13-31-19-22(20)16-21/h2-3,8-9,13,16-17,19,25-27H,4-7,10-12,14-15,18H2,1H3/t25-,26+,27+,28+,29+,30?/m0/s1. The third-order valence-electron chi connectivity index (χ3n) is 10.7. The van der Waals surface area contributed by atoms with Crippen molar-refractivity contribution in [2.75, 3.05) is 13.1 Å². The highest BCUT2D eigenvalue weighted by molar-refractivity contribution is 5.82. The first-order valence-electron chi connectivity index (χ1n) is 13.3. The van der Waals surface area contributed by atoms with E-state index in [2.05, 4.69) is 53.2 Å². The van der Waals surface area contributed by atoms with E-state index in [-0.39, 0.29) is 16.6 Å². The first-order valence-corrected chi connectivity index (χ1v) is 13.3. The van der Waals surface area contributed by atoms with Crippen LogP contribution in [0, 0.1) is 11.3 Å². The average Bonchev–Trinajstić information content (AvgIpc) is 3.56. The Balaban J connectivity index is 1.18. The molecule has 8 rings (SSSR count). The number of allylic oxidation sites excluding steroid dienone is 1. The van der Waals surface area contributed by atoms with Crippen LogP contribution < -0.4 is 0 Å². The van der Waals surface area contributed by atoms with Crippen LogP contribution in [0.1, 0.15) is 69.8 Å². The molecule has 33 heavy (non-hydrogen) atoms. The number of pyridine rings is 1. The van der Waals surface area contributed by atoms with Gasteiger partial charge in [-0.2, -0.15) is 0 Å². The number of hydrogen-bond acceptors (Lipinski definition) is 3. The van der Waals surface area contributed by atoms with E-state index in [0.717, 1.165) is 6.04 Å². The van der Waals surface area contributed by atoms with E-state index in [0.29, 0.717) is 11.8 Å². The van der Waals surface area contributed by atoms with Crippen molar-refractivity contribution < 1.29 is 4.74 Å². The Hall–Kier alpha value is -1.97. The molecule has 2 bridgehead atoms. The number of hydrogen-bond donors (Lipinski definition) is 0. The molecule has 6 aliphatic rings. The quantitative estimate of drug-likeness (QED) is 0.525. The lowest BCUT2D eigenvalue weighted by atomic mass is 9.58. The zero-order chi connectivity index (χ0) is 21.8. The maximum atomic E-state index is 7.45. The molecule has 1 aromatic carbocycles. The fourth-order valence-corrected chi connectivity index (χ4v) is 8.98. The van der Waals surface area contributed by atoms with Crippen LogP contribution >= 0.6 is 0 Å². The van der Waals surface area contributed by atoms with Gasteiger partial charge in [0, 0.05) is 36.9 Å². The van der Waals surface area contributed by atoms with Crippen molar-refractivity contribution in [3.05, 3.63) is 65.5 Å². The average molecular weight is 439 g/mol. The summed E-state index contributed by atoms with van der Waals surface area (Å²) in [4.78, 5) is 7.06. The summed E-state index contributed by atoms with van der Waals surface area (Å²) in [5.41, 5.74) is 4.94. The van der Waals surface area contributed by atoms with Gasteiger partial charge >= 0.3 is 0 Å². The smallest absolute Gasteiger partial charge is 0.0974 e. The molecule has 2 aromatic rings. The minimum absolute atomic E-state index is 0.0355. The summed E-state index contributed by atoms with van der Waals surface area (Å²) in [5, 5.41) is 2.57. The Morgan fingerprint density at radius 1 is 1.06 bits per heavy atom. The molecule has 3 heteroatoms. The zero-order valence-electron chi connectivity index (χ0n) is 19.7. The van der Waals surface area contributed by atoms with Crippen LogP contribution in [0.2, 0.25) is 0 Å². The first-order chi connectivity index (χ1) is 16.1. The summed E-state index contributed by atoms with van der Waals surface area (Å²) in [6.45, 7) is 5.19. The Kier molecular flexibility index (Phi) is 3.73. The minimum atomic E-state index is -0.0373. The molecule has 2 saturated carbocycles. The number of fused-ring (bicyclic) bond motifs is 2. The Labute approximate surface area is 196 Å². The van der Waals surface area contributed by atoms with Gasteiger partial charge in [0.1, 0.15) is 0 Å². The molecule has 0 N–H and O–H groups in total. The van der Waals surface area contributed by atoms with E-state index in [4.69, 9.17) is 4.74 Å². The molecule has 3 aliphatic carbocycles. The van der Waals surface area contributed by atoms with Gasteiger partial charge in [-0.05, 0) is 103 Å². The molecule has 0 amide bonds. The fraction of sp³-hybridized carbons (Fsp3) is 0.567. The first kappa shape index (κ1) is 19.3. The van der Waals surface area contributed by atoms with Gasteiger partial charge < -0.3 is 4.74 Å². The van der Waals surface area contributed by atoms with Crippen LogP contribution in [-0.4, -0.2) is 40.2 Å². The Morgan fingerprint density at radius 2 is 2.00 bits per heavy atom. The fourth-order valence-electron chi connectivity index (χ4n) is 8.98. The summed E-state index contributed by atoms with van der Waals surface area (Å²) in [7, 11) is 0. The molecule has 2 saturated heterocycles. The summed E-state index contributed by atoms with van der Waals surface area (Å²) < 4.78 is 7.45. The van der Waals surface area contributed by atoms with Crippen molar-refractivity contribution in [2.45, 2.75) is 81.5 Å². The van der Waals surface area contributed by atoms with Crippen LogP contribution in [0.3, 0.4) is 0 Å². The lowest BCUT2D eigenvalue weighted by Crippen LogP contribution is -2.54. The third-order valence-corrected chi connectivity index (χ3v) is 10.7. The molecule has 1 aromatic heterocycles. The van der Waals surface area contributed by atoms with Crippen molar-refractivity contribution in [2.24, 2.45) is 11.3 Å². The number of nitrogens with zero attached hydrogens (tertiary/aromatic N) is 2. The second-order valence-corrected chi connectivity index (χ2v) is 12.1. The van der Waals surface area contributed by atoms with Crippen molar-refractivity contribution in [1.82, 2.24) is 9.88 Å². The van der Waals surface area contributed by atoms with Crippen LogP contribution in [0.4, 0.5) is 0 Å². The molecule has 3 nitrogen and oxygen atoms in total. The van der Waals surface area contributed by atoms with E-state index in [1.165, 1.54) is 80.8 Å². The van der Waals surface area contributed by atoms with Gasteiger partial charge in [-0.25, -0.2) is 0 Å². The number of benzene rings is 1. The molecule has 170 valence electrons. The Bertz CT molecular complexity index is 1230. The predicted octanol–water partition coefficient (Wildman–Crippen LogP) is 6.16. The lowest BCUT2D eigenvalue weighted by molar-refractivity contribution is -0.138. The van der Waals surface area contributed by atoms with Crippen molar-refractivity contribution in [3.63, 3.8) is 0 Å². The van der Waals surface area contributed by atoms with Crippen LogP contribution in [-0.2, 0) is 4.74 Å².